The highest BCUT2D eigenvalue weighted by atomic mass is 16.6. The van der Waals surface area contributed by atoms with E-state index in [-0.39, 0.29) is 28.2 Å². The van der Waals surface area contributed by atoms with Gasteiger partial charge >= 0.3 is 0 Å². The molecule has 4 unspecified atom stereocenters. The Morgan fingerprint density at radius 2 is 2.13 bits per heavy atom. The maximum atomic E-state index is 10.2. The Morgan fingerprint density at radius 3 is 2.70 bits per heavy atom. The van der Waals surface area contributed by atoms with E-state index in [4.69, 9.17) is 16.3 Å². The topological polar surface area (TPSA) is 188 Å². The molecule has 2 aromatic rings. The van der Waals surface area contributed by atoms with E-state index < -0.39 is 31.1 Å². The number of nitrogens with zero attached hydrogens (tertiary/aromatic N) is 4. The lowest BCUT2D eigenvalue weighted by Crippen LogP contribution is -2.33. The first-order chi connectivity index (χ1) is 11.0. The molecule has 3 heterocycles. The molecule has 1 saturated heterocycles. The number of fused-ring (bicyclic) bond motifs is 1. The minimum Gasteiger partial charge on any atom is -0.394 e. The normalized spacial score (nSPS) is 27.3. The number of nitriles is 1. The Balaban J connectivity index is 2.26. The van der Waals surface area contributed by atoms with E-state index >= 15 is 0 Å². The number of anilines is 2. The lowest BCUT2D eigenvalue weighted by Gasteiger charge is -2.20. The summed E-state index contributed by atoms with van der Waals surface area (Å²) in [5, 5.41) is 39.0. The summed E-state index contributed by atoms with van der Waals surface area (Å²) in [6.45, 7) is -0.485. The van der Waals surface area contributed by atoms with Gasteiger partial charge in [-0.3, -0.25) is 4.57 Å². The molecule has 1 aliphatic heterocycles. The third kappa shape index (κ3) is 2.09. The number of aromatic nitrogens is 3. The fourth-order valence-electron chi connectivity index (χ4n) is 2.75. The van der Waals surface area contributed by atoms with Gasteiger partial charge < -0.3 is 31.2 Å². The van der Waals surface area contributed by atoms with Crippen molar-refractivity contribution in [1.82, 2.24) is 14.5 Å². The van der Waals surface area contributed by atoms with Crippen molar-refractivity contribution in [3.8, 4) is 6.07 Å². The Bertz CT molecular complexity index is 786. The van der Waals surface area contributed by atoms with E-state index in [9.17, 15) is 20.6 Å². The van der Waals surface area contributed by atoms with Crippen LogP contribution in [0, 0.1) is 11.3 Å². The summed E-state index contributed by atoms with van der Waals surface area (Å²) in [5.41, 5.74) is 8.45. The molecule has 0 saturated carbocycles. The van der Waals surface area contributed by atoms with Crippen LogP contribution in [0.4, 0.5) is 11.6 Å². The first-order valence-corrected chi connectivity index (χ1v) is 6.68. The Hall–Kier alpha value is -2.49. The molecule has 1 aliphatic rings. The highest BCUT2D eigenvalue weighted by Crippen LogP contribution is 2.39. The summed E-state index contributed by atoms with van der Waals surface area (Å²) in [5.74, 6) is 5.66. The number of aliphatic hydroxyl groups excluding tert-OH is 3. The molecule has 3 rings (SSSR count). The first kappa shape index (κ1) is 15.4. The number of aliphatic hydroxyl groups is 3. The third-order valence-corrected chi connectivity index (χ3v) is 3.83. The van der Waals surface area contributed by atoms with Crippen molar-refractivity contribution in [3.63, 3.8) is 0 Å². The zero-order valence-corrected chi connectivity index (χ0v) is 11.8. The predicted molar refractivity (Wildman–Crippen MR) is 77.5 cm³/mol. The summed E-state index contributed by atoms with van der Waals surface area (Å²) in [4.78, 5) is 7.90. The Morgan fingerprint density at radius 1 is 1.39 bits per heavy atom. The Kier molecular flexibility index (Phi) is 3.76. The van der Waals surface area contributed by atoms with Gasteiger partial charge in [0.05, 0.1) is 12.0 Å². The molecule has 0 aliphatic carbocycles. The number of hydrazine groups is 1. The molecule has 0 spiro atoms. The quantitative estimate of drug-likeness (QED) is 0.267. The lowest BCUT2D eigenvalue weighted by atomic mass is 10.1. The molecular formula is C12H15N7O4. The van der Waals surface area contributed by atoms with E-state index in [1.165, 1.54) is 10.9 Å². The third-order valence-electron chi connectivity index (χ3n) is 3.83. The van der Waals surface area contributed by atoms with E-state index in [0.717, 1.165) is 0 Å². The summed E-state index contributed by atoms with van der Waals surface area (Å²) >= 11 is 0. The van der Waals surface area contributed by atoms with Crippen LogP contribution in [-0.2, 0) is 4.74 Å². The average molecular weight is 321 g/mol. The van der Waals surface area contributed by atoms with Gasteiger partial charge in [0.2, 0.25) is 0 Å². The van der Waals surface area contributed by atoms with Gasteiger partial charge in [-0.15, -0.1) is 0 Å². The van der Waals surface area contributed by atoms with E-state index in [1.54, 1.807) is 0 Å². The van der Waals surface area contributed by atoms with Crippen LogP contribution in [-0.4, -0.2) is 54.8 Å². The van der Waals surface area contributed by atoms with Crippen LogP contribution in [0.2, 0.25) is 0 Å². The van der Waals surface area contributed by atoms with Gasteiger partial charge in [0.1, 0.15) is 47.9 Å². The van der Waals surface area contributed by atoms with Crippen molar-refractivity contribution in [3.05, 3.63) is 11.9 Å². The molecule has 0 amide bonds. The number of hydrogen-bond donors (Lipinski definition) is 6. The molecule has 23 heavy (non-hydrogen) atoms. The summed E-state index contributed by atoms with van der Waals surface area (Å²) in [6, 6.07) is 1.95. The lowest BCUT2D eigenvalue weighted by molar-refractivity contribution is -0.0499. The second-order valence-corrected chi connectivity index (χ2v) is 5.04. The van der Waals surface area contributed by atoms with Crippen LogP contribution < -0.4 is 17.0 Å². The maximum Gasteiger partial charge on any atom is 0.166 e. The summed E-state index contributed by atoms with van der Waals surface area (Å²) in [7, 11) is 0. The molecule has 0 radical (unpaired) electrons. The highest BCUT2D eigenvalue weighted by molar-refractivity contribution is 5.97. The highest BCUT2D eigenvalue weighted by Gasteiger charge is 2.45. The number of nitrogen functional groups attached to an aromatic ring is 2. The SMILES string of the molecule is N#Cc1c(NN)n(C2OC(CO)C(O)C2O)c2ncnc(N)c12. The van der Waals surface area contributed by atoms with Crippen LogP contribution in [0.25, 0.3) is 11.0 Å². The maximum absolute atomic E-state index is 10.2. The zero-order valence-electron chi connectivity index (χ0n) is 11.8. The van der Waals surface area contributed by atoms with Crippen molar-refractivity contribution >= 4 is 22.7 Å². The van der Waals surface area contributed by atoms with Gasteiger partial charge in [0.25, 0.3) is 0 Å². The molecule has 0 aromatic carbocycles. The molecule has 0 bridgehead atoms. The molecular weight excluding hydrogens is 306 g/mol. The van der Waals surface area contributed by atoms with Crippen molar-refractivity contribution in [1.29, 1.82) is 5.26 Å². The minimum absolute atomic E-state index is 0.0635. The van der Waals surface area contributed by atoms with Gasteiger partial charge in [-0.05, 0) is 0 Å². The number of nitrogens with one attached hydrogen (secondary N) is 1. The second kappa shape index (κ2) is 5.61. The fraction of sp³-hybridized carbons (Fsp3) is 0.417. The molecule has 122 valence electrons. The molecule has 11 heteroatoms. The predicted octanol–water partition coefficient (Wildman–Crippen LogP) is -2.22. The zero-order chi connectivity index (χ0) is 16.7. The second-order valence-electron chi connectivity index (χ2n) is 5.04. The monoisotopic (exact) mass is 321 g/mol. The molecule has 2 aromatic heterocycles. The van der Waals surface area contributed by atoms with Gasteiger partial charge in [-0.1, -0.05) is 0 Å². The van der Waals surface area contributed by atoms with Crippen molar-refractivity contribution in [2.45, 2.75) is 24.5 Å². The summed E-state index contributed by atoms with van der Waals surface area (Å²) in [6.07, 6.45) is -3.58. The van der Waals surface area contributed by atoms with Crippen molar-refractivity contribution < 1.29 is 20.1 Å². The number of nitrogens with two attached hydrogens (primary N) is 2. The Labute approximate surface area is 129 Å². The van der Waals surface area contributed by atoms with Crippen molar-refractivity contribution in [2.24, 2.45) is 5.84 Å². The largest absolute Gasteiger partial charge is 0.394 e. The molecule has 4 atom stereocenters. The van der Waals surface area contributed by atoms with E-state index in [1.807, 2.05) is 6.07 Å². The van der Waals surface area contributed by atoms with Crippen LogP contribution in [0.3, 0.4) is 0 Å². The van der Waals surface area contributed by atoms with Crippen LogP contribution >= 0.6 is 0 Å². The number of hydrogen-bond acceptors (Lipinski definition) is 10. The van der Waals surface area contributed by atoms with Crippen molar-refractivity contribution in [2.75, 3.05) is 17.8 Å². The van der Waals surface area contributed by atoms with Gasteiger partial charge in [-0.25, -0.2) is 15.8 Å². The van der Waals surface area contributed by atoms with Gasteiger partial charge in [-0.2, -0.15) is 5.26 Å². The van der Waals surface area contributed by atoms with Gasteiger partial charge in [0.15, 0.2) is 11.9 Å². The first-order valence-electron chi connectivity index (χ1n) is 6.68. The number of rotatable bonds is 3. The molecule has 11 nitrogen and oxygen atoms in total. The van der Waals surface area contributed by atoms with Crippen LogP contribution in [0.1, 0.15) is 11.8 Å². The van der Waals surface area contributed by atoms with Gasteiger partial charge in [0, 0.05) is 0 Å². The molecule has 8 N–H and O–H groups in total. The van der Waals surface area contributed by atoms with E-state index in [0.29, 0.717) is 0 Å². The standard InChI is InChI=1S/C12H15N7O4/c13-1-4-6-9(14)16-3-17-11(6)19(10(4)18-15)12-8(22)7(21)5(2-20)23-12/h3,5,7-8,12,18,20-22H,2,15H2,(H2,14,16,17). The summed E-state index contributed by atoms with van der Waals surface area (Å²) < 4.78 is 6.79. The smallest absolute Gasteiger partial charge is 0.166 e. The van der Waals surface area contributed by atoms with E-state index in [2.05, 4.69) is 15.4 Å². The van der Waals surface area contributed by atoms with Crippen LogP contribution in [0.15, 0.2) is 6.33 Å². The number of ether oxygens (including phenoxy) is 1. The van der Waals surface area contributed by atoms with Crippen LogP contribution in [0.5, 0.6) is 0 Å². The fourth-order valence-corrected chi connectivity index (χ4v) is 2.75. The minimum atomic E-state index is -1.36. The molecule has 1 fully saturated rings. The average Bonchev–Trinajstić information content (AvgIpc) is 3.03.